The van der Waals surface area contributed by atoms with E-state index < -0.39 is 20.6 Å². The number of sulfone groups is 1. The Morgan fingerprint density at radius 2 is 1.56 bits per heavy atom. The zero-order valence-corrected chi connectivity index (χ0v) is 11.1. The van der Waals surface area contributed by atoms with E-state index in [0.717, 1.165) is 0 Å². The third-order valence-corrected chi connectivity index (χ3v) is 3.86. The van der Waals surface area contributed by atoms with Crippen molar-refractivity contribution in [1.29, 1.82) is 0 Å². The fraction of sp³-hybridized carbons (Fsp3) is 0.200. The molecule has 0 spiro atoms. The Bertz CT molecular complexity index is 535. The first-order valence-corrected chi connectivity index (χ1v) is 6.84. The first kappa shape index (κ1) is 15.2. The van der Waals surface area contributed by atoms with Gasteiger partial charge in [-0.15, -0.1) is 0 Å². The number of benzene rings is 1. The summed E-state index contributed by atoms with van der Waals surface area (Å²) in [5.74, 6) is -4.60. The van der Waals surface area contributed by atoms with Crippen molar-refractivity contribution in [2.75, 3.05) is 0 Å². The number of hydrogen-bond donors (Lipinski definition) is 0. The van der Waals surface area contributed by atoms with Gasteiger partial charge in [0.1, 0.15) is 0 Å². The smallest absolute Gasteiger partial charge is 0.219 e. The first-order chi connectivity index (χ1) is 8.06. The molecule has 0 aromatic heterocycles. The van der Waals surface area contributed by atoms with Gasteiger partial charge in [-0.05, 0) is 28.1 Å². The highest BCUT2D eigenvalue weighted by Crippen LogP contribution is 2.40. The van der Waals surface area contributed by atoms with E-state index in [2.05, 4.69) is 0 Å². The summed E-state index contributed by atoms with van der Waals surface area (Å²) < 4.78 is 73.5. The van der Waals surface area contributed by atoms with Gasteiger partial charge in [0.05, 0.1) is 4.90 Å². The summed E-state index contributed by atoms with van der Waals surface area (Å²) in [6.45, 7) is 0. The molecule has 0 bridgehead atoms. The van der Waals surface area contributed by atoms with Gasteiger partial charge in [0, 0.05) is 11.5 Å². The normalized spacial score (nSPS) is 14.1. The molecule has 0 atom stereocenters. The van der Waals surface area contributed by atoms with Crippen LogP contribution in [0.25, 0.3) is 0 Å². The van der Waals surface area contributed by atoms with Crippen molar-refractivity contribution >= 4 is 25.8 Å². The molecule has 2 nitrogen and oxygen atoms in total. The van der Waals surface area contributed by atoms with Crippen molar-refractivity contribution in [3.8, 4) is 0 Å². The van der Waals surface area contributed by atoms with Gasteiger partial charge in [-0.2, -0.15) is 17.6 Å². The molecule has 100 valence electrons. The Balaban J connectivity index is 3.06. The second-order valence-corrected chi connectivity index (χ2v) is 6.11. The molecule has 1 rings (SSSR count). The molecule has 0 radical (unpaired) electrons. The topological polar surface area (TPSA) is 34.1 Å². The third-order valence-electron chi connectivity index (χ3n) is 1.91. The summed E-state index contributed by atoms with van der Waals surface area (Å²) in [4.78, 5) is -4.77. The molecule has 0 unspecified atom stereocenters. The monoisotopic (exact) mass is 346 g/mol. The van der Waals surface area contributed by atoms with E-state index in [0.29, 0.717) is 0 Å². The Labute approximate surface area is 109 Å². The summed E-state index contributed by atoms with van der Waals surface area (Å²) in [5, 5.41) is 0.0670. The predicted molar refractivity (Wildman–Crippen MR) is 61.6 cm³/mol. The van der Waals surface area contributed by atoms with Gasteiger partial charge in [-0.3, -0.25) is 0 Å². The largest absolute Gasteiger partial charge is 0.367 e. The zero-order chi connectivity index (χ0) is 14.0. The molecule has 0 amide bonds. The molecule has 0 fully saturated rings. The summed E-state index contributed by atoms with van der Waals surface area (Å²) >= 11 is 1.49. The van der Waals surface area contributed by atoms with E-state index in [9.17, 15) is 26.0 Å². The van der Waals surface area contributed by atoms with Crippen molar-refractivity contribution in [2.45, 2.75) is 15.6 Å². The van der Waals surface area contributed by atoms with Gasteiger partial charge < -0.3 is 0 Å². The quantitative estimate of drug-likeness (QED) is 0.616. The average molecular weight is 347 g/mol. The van der Waals surface area contributed by atoms with Crippen molar-refractivity contribution < 1.29 is 26.0 Å². The lowest BCUT2D eigenvalue weighted by atomic mass is 10.3. The molecule has 18 heavy (non-hydrogen) atoms. The molecular weight excluding hydrogens is 340 g/mol. The molecule has 1 aromatic rings. The fourth-order valence-electron chi connectivity index (χ4n) is 0.958. The molecule has 0 heterocycles. The molecule has 0 N–H and O–H groups in total. The number of alkyl halides is 5. The molecule has 1 aromatic carbocycles. The highest BCUT2D eigenvalue weighted by atomic mass is 79.9. The van der Waals surface area contributed by atoms with Crippen LogP contribution < -0.4 is 0 Å². The number of rotatable bonds is 4. The van der Waals surface area contributed by atoms with E-state index in [4.69, 9.17) is 0 Å². The minimum atomic E-state index is -4.60. The van der Waals surface area contributed by atoms with Crippen LogP contribution in [0.15, 0.2) is 46.7 Å². The van der Waals surface area contributed by atoms with Crippen LogP contribution in [0.1, 0.15) is 0 Å². The molecule has 0 aliphatic rings. The van der Waals surface area contributed by atoms with Gasteiger partial charge in [0.15, 0.2) is 9.84 Å². The van der Waals surface area contributed by atoms with Crippen LogP contribution in [0.5, 0.6) is 0 Å². The van der Waals surface area contributed by atoms with Gasteiger partial charge in [0.25, 0.3) is 0 Å². The Morgan fingerprint density at radius 3 is 2.00 bits per heavy atom. The molecular formula is C10H7BrF4O2S. The van der Waals surface area contributed by atoms with E-state index in [1.165, 1.54) is 46.3 Å². The van der Waals surface area contributed by atoms with Gasteiger partial charge in [-0.25, -0.2) is 8.42 Å². The van der Waals surface area contributed by atoms with Gasteiger partial charge in [-0.1, -0.05) is 18.2 Å². The molecule has 0 aliphatic heterocycles. The highest BCUT2D eigenvalue weighted by molar-refractivity contribution is 9.10. The van der Waals surface area contributed by atoms with Crippen LogP contribution in [0.2, 0.25) is 0 Å². The molecule has 0 saturated heterocycles. The number of allylic oxidation sites excluding steroid dienone is 1. The van der Waals surface area contributed by atoms with Crippen LogP contribution in [0, 0.1) is 0 Å². The van der Waals surface area contributed by atoms with Crippen molar-refractivity contribution in [1.82, 2.24) is 0 Å². The summed E-state index contributed by atoms with van der Waals surface area (Å²) in [6, 6.07) is 6.65. The van der Waals surface area contributed by atoms with E-state index in [1.54, 1.807) is 0 Å². The van der Waals surface area contributed by atoms with Crippen molar-refractivity contribution in [2.24, 2.45) is 0 Å². The van der Waals surface area contributed by atoms with Crippen LogP contribution in [-0.2, 0) is 9.84 Å². The first-order valence-electron chi connectivity index (χ1n) is 4.50. The molecule has 0 aliphatic carbocycles. The van der Waals surface area contributed by atoms with Gasteiger partial charge in [0.2, 0.25) is 0 Å². The second-order valence-electron chi connectivity index (χ2n) is 3.28. The maximum atomic E-state index is 12.8. The maximum absolute atomic E-state index is 12.8. The SMILES string of the molecule is O=S(=O)(/C=C/C(F)(F)C(F)(F)Br)c1ccccc1. The standard InChI is InChI=1S/C10H7BrF4O2S/c11-10(14,15)9(12,13)6-7-18(16,17)8-4-2-1-3-5-8/h1-7H/b7-6+. The Kier molecular flexibility index (Phi) is 4.22. The predicted octanol–water partition coefficient (Wildman–Crippen LogP) is 3.60. The second kappa shape index (κ2) is 5.00. The third kappa shape index (κ3) is 3.55. The Hall–Kier alpha value is -0.890. The zero-order valence-electron chi connectivity index (χ0n) is 8.66. The maximum Gasteiger partial charge on any atom is 0.367 e. The van der Waals surface area contributed by atoms with Crippen LogP contribution in [0.3, 0.4) is 0 Å². The lowest BCUT2D eigenvalue weighted by molar-refractivity contribution is -0.111. The lowest BCUT2D eigenvalue weighted by Crippen LogP contribution is -2.32. The highest BCUT2D eigenvalue weighted by Gasteiger charge is 2.52. The fourth-order valence-corrected chi connectivity index (χ4v) is 2.13. The number of hydrogen-bond acceptors (Lipinski definition) is 2. The van der Waals surface area contributed by atoms with Crippen LogP contribution in [0.4, 0.5) is 17.6 Å². The van der Waals surface area contributed by atoms with E-state index in [-0.39, 0.29) is 16.4 Å². The van der Waals surface area contributed by atoms with Gasteiger partial charge >= 0.3 is 10.8 Å². The summed E-state index contributed by atoms with van der Waals surface area (Å²) in [7, 11) is -4.17. The summed E-state index contributed by atoms with van der Waals surface area (Å²) in [5.41, 5.74) is 0. The van der Waals surface area contributed by atoms with Crippen LogP contribution >= 0.6 is 15.9 Å². The van der Waals surface area contributed by atoms with Crippen molar-refractivity contribution in [3.63, 3.8) is 0 Å². The summed E-state index contributed by atoms with van der Waals surface area (Å²) in [6.07, 6.45) is -0.343. The number of halogens is 5. The van der Waals surface area contributed by atoms with Crippen molar-refractivity contribution in [3.05, 3.63) is 41.8 Å². The lowest BCUT2D eigenvalue weighted by Gasteiger charge is -2.17. The van der Waals surface area contributed by atoms with E-state index >= 15 is 0 Å². The van der Waals surface area contributed by atoms with Crippen LogP contribution in [-0.4, -0.2) is 19.2 Å². The minimum absolute atomic E-state index is 0.0670. The molecule has 0 saturated carbocycles. The van der Waals surface area contributed by atoms with E-state index in [1.807, 2.05) is 0 Å². The Morgan fingerprint density at radius 1 is 1.06 bits per heavy atom. The molecule has 8 heteroatoms. The average Bonchev–Trinajstić information content (AvgIpc) is 2.26. The minimum Gasteiger partial charge on any atom is -0.219 e.